The highest BCUT2D eigenvalue weighted by molar-refractivity contribution is 5.96. The minimum atomic E-state index is -0.268. The molecule has 3 saturated heterocycles. The van der Waals surface area contributed by atoms with Crippen LogP contribution in [0.15, 0.2) is 34.8 Å². The van der Waals surface area contributed by atoms with Gasteiger partial charge in [0.05, 0.1) is 37.8 Å². The average Bonchev–Trinajstić information content (AvgIpc) is 3.69. The zero-order chi connectivity index (χ0) is 27.0. The second kappa shape index (κ2) is 13.7. The van der Waals surface area contributed by atoms with Crippen molar-refractivity contribution in [1.82, 2.24) is 19.8 Å². The van der Waals surface area contributed by atoms with E-state index in [0.29, 0.717) is 26.2 Å². The predicted molar refractivity (Wildman–Crippen MR) is 151 cm³/mol. The summed E-state index contributed by atoms with van der Waals surface area (Å²) in [6.07, 6.45) is 13.5. The first-order chi connectivity index (χ1) is 18.5. The Morgan fingerprint density at radius 1 is 1.24 bits per heavy atom. The Morgan fingerprint density at radius 2 is 2.08 bits per heavy atom. The lowest BCUT2D eigenvalue weighted by Crippen LogP contribution is -2.53. The average molecular weight is 530 g/mol. The van der Waals surface area contributed by atoms with Crippen LogP contribution in [0.2, 0.25) is 0 Å². The van der Waals surface area contributed by atoms with Crippen LogP contribution < -0.4 is 0 Å². The van der Waals surface area contributed by atoms with Gasteiger partial charge in [0.2, 0.25) is 5.96 Å². The lowest BCUT2D eigenvalue weighted by atomic mass is 10.2. The Balaban J connectivity index is 1.68. The molecule has 1 spiro atoms. The molecule has 0 amide bonds. The normalized spacial score (nSPS) is 27.2. The summed E-state index contributed by atoms with van der Waals surface area (Å²) in [4.78, 5) is 15.3. The number of morpholine rings is 2. The molecule has 0 aromatic heterocycles. The number of hydrazine groups is 1. The first-order valence-corrected chi connectivity index (χ1v) is 14.3. The van der Waals surface area contributed by atoms with Gasteiger partial charge < -0.3 is 24.0 Å². The van der Waals surface area contributed by atoms with Crippen LogP contribution in [0.1, 0.15) is 58.8 Å². The minimum absolute atomic E-state index is 0.0474. The highest BCUT2D eigenvalue weighted by Crippen LogP contribution is 2.42. The fourth-order valence-corrected chi connectivity index (χ4v) is 5.39. The van der Waals surface area contributed by atoms with Crippen molar-refractivity contribution in [2.24, 2.45) is 9.98 Å². The number of nitrogens with zero attached hydrogens (tertiary/aromatic N) is 6. The number of hydrogen-bond acceptors (Lipinski definition) is 6. The molecule has 38 heavy (non-hydrogen) atoms. The van der Waals surface area contributed by atoms with Gasteiger partial charge in [-0.2, -0.15) is 5.01 Å². The molecule has 4 aliphatic rings. The quantitative estimate of drug-likeness (QED) is 0.212. The lowest BCUT2D eigenvalue weighted by molar-refractivity contribution is -0.139. The number of rotatable bonds is 9. The summed E-state index contributed by atoms with van der Waals surface area (Å²) in [5.74, 6) is 1.78. The second-order valence-corrected chi connectivity index (χ2v) is 10.7. The van der Waals surface area contributed by atoms with Crippen molar-refractivity contribution in [1.29, 1.82) is 5.41 Å². The topological polar surface area (TPSA) is 89.2 Å². The van der Waals surface area contributed by atoms with E-state index in [1.165, 1.54) is 6.34 Å². The zero-order valence-electron chi connectivity index (χ0n) is 23.6. The third-order valence-electron chi connectivity index (χ3n) is 7.85. The number of aliphatic imine (C=N–C) groups is 2. The van der Waals surface area contributed by atoms with Gasteiger partial charge in [-0.1, -0.05) is 31.7 Å². The molecule has 0 aromatic carbocycles. The van der Waals surface area contributed by atoms with Gasteiger partial charge in [0.25, 0.3) is 0 Å². The lowest BCUT2D eigenvalue weighted by Gasteiger charge is -2.41. The molecular weight excluding hydrogens is 482 g/mol. The molecule has 4 rings (SSSR count). The summed E-state index contributed by atoms with van der Waals surface area (Å²) >= 11 is 0. The molecule has 3 heterocycles. The maximum absolute atomic E-state index is 8.19. The Kier molecular flexibility index (Phi) is 10.3. The van der Waals surface area contributed by atoms with E-state index in [1.807, 2.05) is 23.1 Å². The zero-order valence-corrected chi connectivity index (χ0v) is 23.6. The number of amidine groups is 1. The summed E-state index contributed by atoms with van der Waals surface area (Å²) < 4.78 is 17.9. The molecular formula is C28H47N7O3. The SMILES string of the molecule is C=C/C=C\CC(N=C(/N=C(\CC)N1CCOC[C@@H]1C)N1CCOC2(CC2)C1)N(C)N(C=N)C1CCCCO1. The maximum atomic E-state index is 8.19. The van der Waals surface area contributed by atoms with Gasteiger partial charge in [0, 0.05) is 46.1 Å². The first kappa shape index (κ1) is 28.7. The third-order valence-corrected chi connectivity index (χ3v) is 7.85. The van der Waals surface area contributed by atoms with Crippen molar-refractivity contribution in [3.05, 3.63) is 24.8 Å². The van der Waals surface area contributed by atoms with Crippen molar-refractivity contribution in [3.8, 4) is 0 Å². The predicted octanol–water partition coefficient (Wildman–Crippen LogP) is 3.48. The van der Waals surface area contributed by atoms with E-state index >= 15 is 0 Å². The molecule has 2 unspecified atom stereocenters. The van der Waals surface area contributed by atoms with Crippen LogP contribution in [-0.4, -0.2) is 115 Å². The summed E-state index contributed by atoms with van der Waals surface area (Å²) in [7, 11) is 1.99. The van der Waals surface area contributed by atoms with Crippen LogP contribution in [0.5, 0.6) is 0 Å². The van der Waals surface area contributed by atoms with E-state index in [4.69, 9.17) is 29.6 Å². The van der Waals surface area contributed by atoms with E-state index < -0.39 is 0 Å². The molecule has 10 nitrogen and oxygen atoms in total. The summed E-state index contributed by atoms with van der Waals surface area (Å²) in [5.41, 5.74) is -0.0474. The molecule has 0 aromatic rings. The summed E-state index contributed by atoms with van der Waals surface area (Å²) in [6, 6.07) is 0.272. The molecule has 3 aliphatic heterocycles. The van der Waals surface area contributed by atoms with E-state index in [1.54, 1.807) is 6.08 Å². The smallest absolute Gasteiger partial charge is 0.224 e. The number of ether oxygens (including phenoxy) is 3. The molecule has 1 saturated carbocycles. The van der Waals surface area contributed by atoms with Crippen molar-refractivity contribution < 1.29 is 14.2 Å². The highest BCUT2D eigenvalue weighted by atomic mass is 16.5. The van der Waals surface area contributed by atoms with Crippen LogP contribution in [-0.2, 0) is 14.2 Å². The van der Waals surface area contributed by atoms with E-state index in [-0.39, 0.29) is 24.0 Å². The van der Waals surface area contributed by atoms with Gasteiger partial charge in [-0.15, -0.1) is 0 Å². The van der Waals surface area contributed by atoms with Gasteiger partial charge in [0.15, 0.2) is 0 Å². The number of allylic oxidation sites excluding steroid dienone is 2. The Labute approximate surface area is 228 Å². The van der Waals surface area contributed by atoms with E-state index in [0.717, 1.165) is 76.6 Å². The van der Waals surface area contributed by atoms with Gasteiger partial charge in [-0.05, 0) is 39.0 Å². The molecule has 212 valence electrons. The molecule has 1 N–H and O–H groups in total. The van der Waals surface area contributed by atoms with Crippen molar-refractivity contribution >= 4 is 18.1 Å². The monoisotopic (exact) mass is 529 g/mol. The molecule has 1 aliphatic carbocycles. The van der Waals surface area contributed by atoms with Crippen LogP contribution in [0.4, 0.5) is 0 Å². The van der Waals surface area contributed by atoms with E-state index in [9.17, 15) is 0 Å². The maximum Gasteiger partial charge on any atom is 0.224 e. The van der Waals surface area contributed by atoms with Crippen LogP contribution >= 0.6 is 0 Å². The van der Waals surface area contributed by atoms with Crippen LogP contribution in [0, 0.1) is 5.41 Å². The number of hydrogen-bond donors (Lipinski definition) is 1. The van der Waals surface area contributed by atoms with E-state index in [2.05, 4.69) is 36.3 Å². The standard InChI is InChI=1S/C28H47N7O3/c1-5-7-8-11-25(32(4)35(22-29)26-12-9-10-17-37-26)31-27(33-15-19-38-28(21-33)13-14-28)30-24(6-2)34-16-18-36-20-23(34)3/h5,7-8,22-23,25-26,29H,1,6,9-21H2,2-4H3/b8-7-,29-22?,30-24+,31-27?/t23-,25?,26?/m0/s1. The van der Waals surface area contributed by atoms with Gasteiger partial charge in [-0.3, -0.25) is 10.4 Å². The van der Waals surface area contributed by atoms with Crippen molar-refractivity contribution in [2.75, 3.05) is 53.1 Å². The molecule has 0 bridgehead atoms. The van der Waals surface area contributed by atoms with Crippen molar-refractivity contribution in [3.63, 3.8) is 0 Å². The highest BCUT2D eigenvalue weighted by Gasteiger charge is 2.48. The Bertz CT molecular complexity index is 882. The summed E-state index contributed by atoms with van der Waals surface area (Å²) in [5, 5.41) is 12.1. The molecule has 4 fully saturated rings. The second-order valence-electron chi connectivity index (χ2n) is 10.7. The third kappa shape index (κ3) is 7.22. The fraction of sp³-hybridized carbons (Fsp3) is 0.750. The molecule has 10 heteroatoms. The Hall–Kier alpha value is -2.27. The number of guanidine groups is 1. The van der Waals surface area contributed by atoms with Crippen molar-refractivity contribution in [2.45, 2.75) is 82.8 Å². The minimum Gasteiger partial charge on any atom is -0.377 e. The number of nitrogens with one attached hydrogen (secondary N) is 1. The van der Waals surface area contributed by atoms with Gasteiger partial charge in [-0.25, -0.2) is 9.98 Å². The summed E-state index contributed by atoms with van der Waals surface area (Å²) in [6.45, 7) is 13.4. The van der Waals surface area contributed by atoms with Crippen LogP contribution in [0.3, 0.4) is 0 Å². The molecule has 3 atom stereocenters. The van der Waals surface area contributed by atoms with Crippen LogP contribution in [0.25, 0.3) is 0 Å². The van der Waals surface area contributed by atoms with Gasteiger partial charge >= 0.3 is 0 Å². The largest absolute Gasteiger partial charge is 0.377 e. The first-order valence-electron chi connectivity index (χ1n) is 14.3. The fourth-order valence-electron chi connectivity index (χ4n) is 5.39. The molecule has 0 radical (unpaired) electrons. The Morgan fingerprint density at radius 3 is 2.74 bits per heavy atom. The van der Waals surface area contributed by atoms with Gasteiger partial charge in [0.1, 0.15) is 18.2 Å².